The summed E-state index contributed by atoms with van der Waals surface area (Å²) in [5, 5.41) is 3.16. The van der Waals surface area contributed by atoms with E-state index >= 15 is 0 Å². The van der Waals surface area contributed by atoms with Gasteiger partial charge in [-0.1, -0.05) is 19.9 Å². The van der Waals surface area contributed by atoms with E-state index in [2.05, 4.69) is 32.2 Å². The largest absolute Gasteiger partial charge is 0.493 e. The average molecular weight is 251 g/mol. The Morgan fingerprint density at radius 1 is 1.28 bits per heavy atom. The van der Waals surface area contributed by atoms with Crippen LogP contribution in [0.25, 0.3) is 0 Å². The van der Waals surface area contributed by atoms with Gasteiger partial charge in [0, 0.05) is 18.2 Å². The minimum Gasteiger partial charge on any atom is -0.493 e. The maximum atomic E-state index is 5.95. The maximum Gasteiger partial charge on any atom is 0.127 e. The lowest BCUT2D eigenvalue weighted by atomic mass is 10.2. The highest BCUT2D eigenvalue weighted by Gasteiger charge is 2.08. The second-order valence-corrected chi connectivity index (χ2v) is 4.49. The molecule has 1 rings (SSSR count). The molecule has 102 valence electrons. The van der Waals surface area contributed by atoms with Gasteiger partial charge in [-0.2, -0.15) is 0 Å². The third-order valence-corrected chi connectivity index (χ3v) is 2.78. The Balaban J connectivity index is 2.84. The third-order valence-electron chi connectivity index (χ3n) is 2.78. The summed E-state index contributed by atoms with van der Waals surface area (Å²) in [6.45, 7) is 7.86. The van der Waals surface area contributed by atoms with Crippen LogP contribution in [-0.4, -0.2) is 19.8 Å². The van der Waals surface area contributed by atoms with Crippen LogP contribution in [0.1, 0.15) is 39.2 Å². The Labute approximate surface area is 110 Å². The Morgan fingerprint density at radius 3 is 2.67 bits per heavy atom. The molecule has 1 aromatic carbocycles. The number of hydrogen-bond donors (Lipinski definition) is 1. The van der Waals surface area contributed by atoms with E-state index in [1.54, 1.807) is 0 Å². The Bertz CT molecular complexity index is 352. The molecule has 1 unspecified atom stereocenters. The highest BCUT2D eigenvalue weighted by Crippen LogP contribution is 2.26. The number of rotatable bonds is 8. The lowest BCUT2D eigenvalue weighted by Crippen LogP contribution is -2.13. The summed E-state index contributed by atoms with van der Waals surface area (Å²) >= 11 is 0. The molecule has 0 spiro atoms. The van der Waals surface area contributed by atoms with Crippen LogP contribution in [0.2, 0.25) is 0 Å². The quantitative estimate of drug-likeness (QED) is 0.768. The van der Waals surface area contributed by atoms with E-state index in [0.717, 1.165) is 37.5 Å². The first-order chi connectivity index (χ1) is 8.71. The Kier molecular flexibility index (Phi) is 6.58. The molecule has 0 saturated carbocycles. The number of hydrogen-bond acceptors (Lipinski definition) is 3. The monoisotopic (exact) mass is 251 g/mol. The smallest absolute Gasteiger partial charge is 0.127 e. The first-order valence-corrected chi connectivity index (χ1v) is 6.78. The molecule has 3 nitrogen and oxygen atoms in total. The highest BCUT2D eigenvalue weighted by atomic mass is 16.5. The van der Waals surface area contributed by atoms with Crippen LogP contribution in [0.4, 0.5) is 0 Å². The predicted octanol–water partition coefficient (Wildman–Crippen LogP) is 3.37. The zero-order valence-corrected chi connectivity index (χ0v) is 12.0. The average Bonchev–Trinajstić information content (AvgIpc) is 2.39. The molecule has 1 aromatic rings. The second-order valence-electron chi connectivity index (χ2n) is 4.49. The molecule has 18 heavy (non-hydrogen) atoms. The fourth-order valence-electron chi connectivity index (χ4n) is 1.59. The molecule has 0 amide bonds. The van der Waals surface area contributed by atoms with E-state index in [1.807, 2.05) is 19.2 Å². The van der Waals surface area contributed by atoms with Gasteiger partial charge in [-0.3, -0.25) is 0 Å². The fraction of sp³-hybridized carbons (Fsp3) is 0.600. The summed E-state index contributed by atoms with van der Waals surface area (Å²) in [5.41, 5.74) is 1.17. The molecule has 0 heterocycles. The van der Waals surface area contributed by atoms with Crippen LogP contribution in [0.15, 0.2) is 18.2 Å². The number of benzene rings is 1. The molecule has 0 saturated heterocycles. The summed E-state index contributed by atoms with van der Waals surface area (Å²) < 4.78 is 11.6. The molecular weight excluding hydrogens is 226 g/mol. The molecule has 0 aliphatic heterocycles. The Hall–Kier alpha value is -1.22. The lowest BCUT2D eigenvalue weighted by Gasteiger charge is -2.17. The van der Waals surface area contributed by atoms with Gasteiger partial charge in [-0.05, 0) is 32.9 Å². The van der Waals surface area contributed by atoms with Crippen LogP contribution in [-0.2, 0) is 6.54 Å². The van der Waals surface area contributed by atoms with E-state index in [-0.39, 0.29) is 6.10 Å². The van der Waals surface area contributed by atoms with Gasteiger partial charge in [0.25, 0.3) is 0 Å². The van der Waals surface area contributed by atoms with Crippen molar-refractivity contribution in [2.45, 2.75) is 46.3 Å². The van der Waals surface area contributed by atoms with Gasteiger partial charge in [0.05, 0.1) is 12.7 Å². The van der Waals surface area contributed by atoms with Crippen LogP contribution in [0, 0.1) is 0 Å². The summed E-state index contributed by atoms with van der Waals surface area (Å²) in [7, 11) is 1.94. The van der Waals surface area contributed by atoms with Crippen molar-refractivity contribution in [3.8, 4) is 11.5 Å². The number of nitrogens with one attached hydrogen (secondary N) is 1. The zero-order valence-electron chi connectivity index (χ0n) is 12.0. The SMILES string of the molecule is CCCOc1ccc(CNC)c(OC(C)CC)c1. The van der Waals surface area contributed by atoms with Crippen molar-refractivity contribution in [1.82, 2.24) is 5.32 Å². The molecule has 1 atom stereocenters. The highest BCUT2D eigenvalue weighted by molar-refractivity contribution is 5.40. The summed E-state index contributed by atoms with van der Waals surface area (Å²) in [4.78, 5) is 0. The predicted molar refractivity (Wildman–Crippen MR) is 75.4 cm³/mol. The topological polar surface area (TPSA) is 30.5 Å². The summed E-state index contributed by atoms with van der Waals surface area (Å²) in [6, 6.07) is 6.07. The normalized spacial score (nSPS) is 12.2. The van der Waals surface area contributed by atoms with Crippen molar-refractivity contribution < 1.29 is 9.47 Å². The van der Waals surface area contributed by atoms with Gasteiger partial charge < -0.3 is 14.8 Å². The van der Waals surface area contributed by atoms with Gasteiger partial charge in [0.2, 0.25) is 0 Å². The first kappa shape index (κ1) is 14.8. The van der Waals surface area contributed by atoms with Gasteiger partial charge in [0.15, 0.2) is 0 Å². The minimum atomic E-state index is 0.224. The van der Waals surface area contributed by atoms with Crippen molar-refractivity contribution in [3.63, 3.8) is 0 Å². The molecule has 0 fully saturated rings. The maximum absolute atomic E-state index is 5.95. The second kappa shape index (κ2) is 7.98. The zero-order chi connectivity index (χ0) is 13.4. The molecule has 0 aliphatic rings. The lowest BCUT2D eigenvalue weighted by molar-refractivity contribution is 0.213. The first-order valence-electron chi connectivity index (χ1n) is 6.78. The van der Waals surface area contributed by atoms with Crippen LogP contribution in [0.3, 0.4) is 0 Å². The van der Waals surface area contributed by atoms with Crippen molar-refractivity contribution in [2.75, 3.05) is 13.7 Å². The molecule has 3 heteroatoms. The van der Waals surface area contributed by atoms with Gasteiger partial charge >= 0.3 is 0 Å². The molecule has 0 radical (unpaired) electrons. The van der Waals surface area contributed by atoms with Crippen molar-refractivity contribution in [2.24, 2.45) is 0 Å². The molecule has 0 bridgehead atoms. The molecular formula is C15H25NO2. The van der Waals surface area contributed by atoms with E-state index in [1.165, 1.54) is 5.56 Å². The molecule has 0 aliphatic carbocycles. The summed E-state index contributed by atoms with van der Waals surface area (Å²) in [5.74, 6) is 1.81. The van der Waals surface area contributed by atoms with Crippen LogP contribution >= 0.6 is 0 Å². The van der Waals surface area contributed by atoms with Gasteiger partial charge in [-0.15, -0.1) is 0 Å². The van der Waals surface area contributed by atoms with E-state index < -0.39 is 0 Å². The van der Waals surface area contributed by atoms with E-state index in [0.29, 0.717) is 0 Å². The van der Waals surface area contributed by atoms with Crippen LogP contribution < -0.4 is 14.8 Å². The van der Waals surface area contributed by atoms with Gasteiger partial charge in [-0.25, -0.2) is 0 Å². The Morgan fingerprint density at radius 2 is 2.06 bits per heavy atom. The third kappa shape index (κ3) is 4.57. The van der Waals surface area contributed by atoms with Crippen molar-refractivity contribution in [3.05, 3.63) is 23.8 Å². The van der Waals surface area contributed by atoms with E-state index in [4.69, 9.17) is 9.47 Å². The van der Waals surface area contributed by atoms with Gasteiger partial charge in [0.1, 0.15) is 11.5 Å². The number of ether oxygens (including phenoxy) is 2. The van der Waals surface area contributed by atoms with Crippen molar-refractivity contribution >= 4 is 0 Å². The molecule has 0 aromatic heterocycles. The van der Waals surface area contributed by atoms with Crippen molar-refractivity contribution in [1.29, 1.82) is 0 Å². The standard InChI is InChI=1S/C15H25NO2/c1-5-9-17-14-8-7-13(11-16-4)15(10-14)18-12(3)6-2/h7-8,10,12,16H,5-6,9,11H2,1-4H3. The fourth-order valence-corrected chi connectivity index (χ4v) is 1.59. The van der Waals surface area contributed by atoms with E-state index in [9.17, 15) is 0 Å². The minimum absolute atomic E-state index is 0.224. The summed E-state index contributed by atoms with van der Waals surface area (Å²) in [6.07, 6.45) is 2.24. The molecule has 1 N–H and O–H groups in total. The van der Waals surface area contributed by atoms with Crippen LogP contribution in [0.5, 0.6) is 11.5 Å².